The second kappa shape index (κ2) is 12.4. The molecule has 0 fully saturated rings. The molecule has 0 atom stereocenters. The summed E-state index contributed by atoms with van der Waals surface area (Å²) < 4.78 is 16.1. The summed E-state index contributed by atoms with van der Waals surface area (Å²) in [5.41, 5.74) is 1.50. The largest absolute Gasteiger partial charge is 0.494 e. The first-order chi connectivity index (χ1) is 14.6. The molecule has 0 saturated heterocycles. The molecule has 7 nitrogen and oxygen atoms in total. The van der Waals surface area contributed by atoms with Gasteiger partial charge in [-0.1, -0.05) is 25.8 Å². The summed E-state index contributed by atoms with van der Waals surface area (Å²) in [7, 11) is 3.14. The first kappa shape index (κ1) is 23.1. The van der Waals surface area contributed by atoms with Gasteiger partial charge in [-0.15, -0.1) is 0 Å². The topological polar surface area (TPSA) is 85.9 Å². The average molecular weight is 415 g/mol. The number of methoxy groups -OCH3 is 2. The highest BCUT2D eigenvalue weighted by molar-refractivity contribution is 6.39. The molecular weight excluding hydrogens is 384 g/mol. The highest BCUT2D eigenvalue weighted by Gasteiger charge is 2.13. The van der Waals surface area contributed by atoms with Gasteiger partial charge >= 0.3 is 11.8 Å². The van der Waals surface area contributed by atoms with Gasteiger partial charge in [0.05, 0.1) is 20.8 Å². The van der Waals surface area contributed by atoms with Gasteiger partial charge in [-0.2, -0.15) is 0 Å². The Morgan fingerprint density at radius 3 is 2.30 bits per heavy atom. The van der Waals surface area contributed by atoms with Crippen LogP contribution < -0.4 is 24.8 Å². The van der Waals surface area contributed by atoms with E-state index < -0.39 is 11.8 Å². The van der Waals surface area contributed by atoms with E-state index in [1.165, 1.54) is 0 Å². The summed E-state index contributed by atoms with van der Waals surface area (Å²) in [6.45, 7) is 3.14. The van der Waals surface area contributed by atoms with Crippen molar-refractivity contribution in [2.24, 2.45) is 0 Å². The van der Waals surface area contributed by atoms with Crippen LogP contribution in [-0.2, 0) is 16.0 Å². The highest BCUT2D eigenvalue weighted by atomic mass is 16.5. The summed E-state index contributed by atoms with van der Waals surface area (Å²) in [4.78, 5) is 24.1. The minimum atomic E-state index is -0.709. The molecule has 0 aliphatic heterocycles. The van der Waals surface area contributed by atoms with Crippen LogP contribution in [0.25, 0.3) is 0 Å². The quantitative estimate of drug-likeness (QED) is 0.434. The number of carbonyl (C=O) groups excluding carboxylic acids is 2. The number of anilines is 1. The van der Waals surface area contributed by atoms with Gasteiger partial charge in [0.2, 0.25) is 0 Å². The lowest BCUT2D eigenvalue weighted by Crippen LogP contribution is -2.36. The Kier molecular flexibility index (Phi) is 9.51. The molecule has 0 aromatic heterocycles. The van der Waals surface area contributed by atoms with Gasteiger partial charge in [0.25, 0.3) is 0 Å². The molecule has 0 spiro atoms. The van der Waals surface area contributed by atoms with Gasteiger partial charge in [-0.3, -0.25) is 9.59 Å². The molecule has 2 N–H and O–H groups in total. The first-order valence-corrected chi connectivity index (χ1v) is 10.1. The van der Waals surface area contributed by atoms with Crippen LogP contribution in [0.5, 0.6) is 17.2 Å². The number of amides is 2. The third kappa shape index (κ3) is 7.31. The number of hydrogen-bond acceptors (Lipinski definition) is 5. The third-order valence-corrected chi connectivity index (χ3v) is 4.48. The number of unbranched alkanes of at least 4 members (excludes halogenated alkanes) is 2. The maximum Gasteiger partial charge on any atom is 0.313 e. The van der Waals surface area contributed by atoms with Crippen molar-refractivity contribution in [1.29, 1.82) is 0 Å². The zero-order chi connectivity index (χ0) is 21.8. The molecule has 0 aliphatic rings. The fourth-order valence-electron chi connectivity index (χ4n) is 2.80. The van der Waals surface area contributed by atoms with Crippen molar-refractivity contribution in [1.82, 2.24) is 5.32 Å². The van der Waals surface area contributed by atoms with E-state index in [0.717, 1.165) is 30.6 Å². The molecule has 2 aromatic rings. The number of rotatable bonds is 11. The van der Waals surface area contributed by atoms with Gasteiger partial charge < -0.3 is 24.8 Å². The SMILES string of the molecule is CCCCCOc1ccc(NC(=O)C(=O)NCCc2ccc(OC)c(OC)c2)cc1. The summed E-state index contributed by atoms with van der Waals surface area (Å²) >= 11 is 0. The molecule has 7 heteroatoms. The second-order valence-corrected chi connectivity index (χ2v) is 6.73. The lowest BCUT2D eigenvalue weighted by atomic mass is 10.1. The molecule has 0 unspecified atom stereocenters. The van der Waals surface area contributed by atoms with E-state index >= 15 is 0 Å². The second-order valence-electron chi connectivity index (χ2n) is 6.73. The Morgan fingerprint density at radius 1 is 0.900 bits per heavy atom. The molecule has 30 heavy (non-hydrogen) atoms. The van der Waals surface area contributed by atoms with E-state index in [9.17, 15) is 9.59 Å². The number of carbonyl (C=O) groups is 2. The van der Waals surface area contributed by atoms with Crippen LogP contribution in [0.4, 0.5) is 5.69 Å². The van der Waals surface area contributed by atoms with Crippen LogP contribution in [-0.4, -0.2) is 39.2 Å². The van der Waals surface area contributed by atoms with Crippen LogP contribution in [0.3, 0.4) is 0 Å². The van der Waals surface area contributed by atoms with Gasteiger partial charge in [0, 0.05) is 12.2 Å². The molecule has 2 rings (SSSR count). The number of nitrogens with one attached hydrogen (secondary N) is 2. The predicted octanol–water partition coefficient (Wildman–Crippen LogP) is 3.57. The van der Waals surface area contributed by atoms with Gasteiger partial charge in [-0.05, 0) is 54.8 Å². The van der Waals surface area contributed by atoms with Crippen molar-refractivity contribution in [2.45, 2.75) is 32.6 Å². The van der Waals surface area contributed by atoms with Crippen molar-refractivity contribution in [3.63, 3.8) is 0 Å². The molecular formula is C23H30N2O5. The van der Waals surface area contributed by atoms with Crippen LogP contribution >= 0.6 is 0 Å². The molecule has 0 bridgehead atoms. The first-order valence-electron chi connectivity index (χ1n) is 10.1. The molecule has 2 aromatic carbocycles. The number of benzene rings is 2. The predicted molar refractivity (Wildman–Crippen MR) is 116 cm³/mol. The molecule has 0 saturated carbocycles. The van der Waals surface area contributed by atoms with Gasteiger partial charge in [0.1, 0.15) is 5.75 Å². The molecule has 162 valence electrons. The molecule has 0 radical (unpaired) electrons. The van der Waals surface area contributed by atoms with E-state index in [-0.39, 0.29) is 0 Å². The van der Waals surface area contributed by atoms with Gasteiger partial charge in [0.15, 0.2) is 11.5 Å². The highest BCUT2D eigenvalue weighted by Crippen LogP contribution is 2.27. The molecule has 0 heterocycles. The van der Waals surface area contributed by atoms with E-state index in [1.54, 1.807) is 44.6 Å². The van der Waals surface area contributed by atoms with Crippen LogP contribution in [0.15, 0.2) is 42.5 Å². The Morgan fingerprint density at radius 2 is 1.63 bits per heavy atom. The summed E-state index contributed by atoms with van der Waals surface area (Å²) in [6.07, 6.45) is 3.85. The summed E-state index contributed by atoms with van der Waals surface area (Å²) in [5.74, 6) is 0.608. The number of ether oxygens (including phenoxy) is 3. The lowest BCUT2D eigenvalue weighted by molar-refractivity contribution is -0.136. The lowest BCUT2D eigenvalue weighted by Gasteiger charge is -2.10. The maximum absolute atomic E-state index is 12.1. The molecule has 0 aliphatic carbocycles. The van der Waals surface area contributed by atoms with E-state index in [4.69, 9.17) is 14.2 Å². The Hall–Kier alpha value is -3.22. The van der Waals surface area contributed by atoms with Crippen LogP contribution in [0.2, 0.25) is 0 Å². The number of hydrogen-bond donors (Lipinski definition) is 2. The zero-order valence-electron chi connectivity index (χ0n) is 17.8. The van der Waals surface area contributed by atoms with E-state index in [0.29, 0.717) is 36.8 Å². The fourth-order valence-corrected chi connectivity index (χ4v) is 2.80. The standard InChI is InChI=1S/C23H30N2O5/c1-4-5-6-15-30-19-10-8-18(9-11-19)25-23(27)22(26)24-14-13-17-7-12-20(28-2)21(16-17)29-3/h7-12,16H,4-6,13-15H2,1-3H3,(H,24,26)(H,25,27). The minimum absolute atomic E-state index is 0.326. The van der Waals surface area contributed by atoms with Crippen LogP contribution in [0, 0.1) is 0 Å². The zero-order valence-corrected chi connectivity index (χ0v) is 17.8. The van der Waals surface area contributed by atoms with Crippen molar-refractivity contribution in [2.75, 3.05) is 32.7 Å². The van der Waals surface area contributed by atoms with Gasteiger partial charge in [-0.25, -0.2) is 0 Å². The smallest absolute Gasteiger partial charge is 0.313 e. The van der Waals surface area contributed by atoms with Crippen molar-refractivity contribution in [3.8, 4) is 17.2 Å². The van der Waals surface area contributed by atoms with Crippen molar-refractivity contribution < 1.29 is 23.8 Å². The fraction of sp³-hybridized carbons (Fsp3) is 0.391. The summed E-state index contributed by atoms with van der Waals surface area (Å²) in [5, 5.41) is 5.20. The van der Waals surface area contributed by atoms with E-state index in [2.05, 4.69) is 17.6 Å². The monoisotopic (exact) mass is 414 g/mol. The summed E-state index contributed by atoms with van der Waals surface area (Å²) in [6, 6.07) is 12.5. The third-order valence-electron chi connectivity index (χ3n) is 4.48. The maximum atomic E-state index is 12.1. The van der Waals surface area contributed by atoms with Crippen molar-refractivity contribution in [3.05, 3.63) is 48.0 Å². The Balaban J connectivity index is 1.76. The minimum Gasteiger partial charge on any atom is -0.494 e. The van der Waals surface area contributed by atoms with E-state index in [1.807, 2.05) is 12.1 Å². The average Bonchev–Trinajstić information content (AvgIpc) is 2.77. The molecule has 2 amide bonds. The Labute approximate surface area is 177 Å². The normalized spacial score (nSPS) is 10.2. The van der Waals surface area contributed by atoms with Crippen LogP contribution in [0.1, 0.15) is 31.7 Å². The van der Waals surface area contributed by atoms with Crippen molar-refractivity contribution >= 4 is 17.5 Å². The Bertz CT molecular complexity index is 821.